The first kappa shape index (κ1) is 26.3. The van der Waals surface area contributed by atoms with Crippen molar-refractivity contribution in [1.82, 2.24) is 30.3 Å². The zero-order valence-electron chi connectivity index (χ0n) is 20.9. The molecule has 2 aromatic heterocycles. The maximum absolute atomic E-state index is 12.8. The van der Waals surface area contributed by atoms with Gasteiger partial charge in [-0.1, -0.05) is 48.2 Å². The van der Waals surface area contributed by atoms with Crippen molar-refractivity contribution in [3.05, 3.63) is 70.0 Å². The molecule has 10 nitrogen and oxygen atoms in total. The molecule has 0 aliphatic heterocycles. The lowest BCUT2D eigenvalue weighted by molar-refractivity contribution is -0.113. The summed E-state index contributed by atoms with van der Waals surface area (Å²) in [6.07, 6.45) is 0.799. The topological polar surface area (TPSA) is 124 Å². The minimum atomic E-state index is -0.237. The number of amides is 2. The normalized spacial score (nSPS) is 10.8. The number of hydrogen-bond donors (Lipinski definition) is 2. The summed E-state index contributed by atoms with van der Waals surface area (Å²) in [5, 5.41) is 24.1. The van der Waals surface area contributed by atoms with E-state index in [1.54, 1.807) is 31.4 Å². The molecule has 0 bridgehead atoms. The Labute approximate surface area is 222 Å². The third kappa shape index (κ3) is 6.33. The molecule has 192 valence electrons. The number of anilines is 1. The van der Waals surface area contributed by atoms with E-state index < -0.39 is 0 Å². The molecule has 12 heteroatoms. The number of benzene rings is 2. The summed E-state index contributed by atoms with van der Waals surface area (Å²) in [5.41, 5.74) is 3.61. The van der Waals surface area contributed by atoms with Gasteiger partial charge in [0.15, 0.2) is 11.0 Å². The molecular formula is C25H27N7O3S2. The van der Waals surface area contributed by atoms with Crippen molar-refractivity contribution in [2.45, 2.75) is 38.9 Å². The molecule has 2 heterocycles. The number of methoxy groups -OCH3 is 1. The Balaban J connectivity index is 1.57. The zero-order chi connectivity index (χ0) is 26.4. The molecule has 4 rings (SSSR count). The number of carbonyl (C=O) groups is 2. The summed E-state index contributed by atoms with van der Waals surface area (Å²) in [6.45, 7) is 6.09. The van der Waals surface area contributed by atoms with Crippen molar-refractivity contribution in [2.24, 2.45) is 0 Å². The number of rotatable bonds is 10. The van der Waals surface area contributed by atoms with E-state index in [-0.39, 0.29) is 24.1 Å². The lowest BCUT2D eigenvalue weighted by Crippen LogP contribution is -2.25. The number of thioether (sulfide) groups is 1. The third-order valence-corrected chi connectivity index (χ3v) is 7.17. The number of hydrogen-bond acceptors (Lipinski definition) is 9. The highest BCUT2D eigenvalue weighted by molar-refractivity contribution is 7.99. The third-order valence-electron chi connectivity index (χ3n) is 5.49. The van der Waals surface area contributed by atoms with E-state index in [1.165, 1.54) is 23.1 Å². The first-order chi connectivity index (χ1) is 17.9. The molecule has 0 spiro atoms. The Bertz CT molecular complexity index is 1400. The standard InChI is InChI=1S/C25H27N7O3S2/c1-5-17-8-6-7-15(2)22(17)32-20(13-26-23(34)18-9-11-19(35-4)12-10-18)29-31-25(32)36-14-21(33)27-24-30-28-16(3)37-24/h6-12H,5,13-14H2,1-4H3,(H,26,34)(H,27,30,33). The average Bonchev–Trinajstić information content (AvgIpc) is 3.50. The molecule has 0 fully saturated rings. The average molecular weight is 538 g/mol. The molecule has 0 radical (unpaired) electrons. The van der Waals surface area contributed by atoms with E-state index in [0.717, 1.165) is 28.2 Å². The maximum Gasteiger partial charge on any atom is 0.251 e. The van der Waals surface area contributed by atoms with Crippen molar-refractivity contribution in [1.29, 1.82) is 0 Å². The van der Waals surface area contributed by atoms with Crippen molar-refractivity contribution in [3.8, 4) is 11.4 Å². The fourth-order valence-electron chi connectivity index (χ4n) is 3.69. The van der Waals surface area contributed by atoms with Crippen LogP contribution in [0.25, 0.3) is 5.69 Å². The van der Waals surface area contributed by atoms with Gasteiger partial charge in [-0.05, 0) is 55.7 Å². The van der Waals surface area contributed by atoms with E-state index in [9.17, 15) is 9.59 Å². The Kier molecular flexibility index (Phi) is 8.51. The van der Waals surface area contributed by atoms with Crippen LogP contribution in [0.3, 0.4) is 0 Å². The summed E-state index contributed by atoms with van der Waals surface area (Å²) >= 11 is 2.58. The second-order valence-corrected chi connectivity index (χ2v) is 10.2. The Hall–Kier alpha value is -3.77. The molecule has 37 heavy (non-hydrogen) atoms. The largest absolute Gasteiger partial charge is 0.497 e. The maximum atomic E-state index is 12.8. The molecule has 0 saturated carbocycles. The number of aromatic nitrogens is 5. The van der Waals surface area contributed by atoms with Crippen molar-refractivity contribution < 1.29 is 14.3 Å². The Morgan fingerprint density at radius 1 is 1.05 bits per heavy atom. The molecule has 0 unspecified atom stereocenters. The van der Waals surface area contributed by atoms with Gasteiger partial charge in [-0.25, -0.2) is 0 Å². The molecule has 2 N–H and O–H groups in total. The van der Waals surface area contributed by atoms with Gasteiger partial charge in [0, 0.05) is 5.56 Å². The highest BCUT2D eigenvalue weighted by Gasteiger charge is 2.20. The number of aryl methyl sites for hydroxylation is 3. The minimum Gasteiger partial charge on any atom is -0.497 e. The van der Waals surface area contributed by atoms with Crippen LogP contribution < -0.4 is 15.4 Å². The molecule has 2 aromatic carbocycles. The van der Waals surface area contributed by atoms with Gasteiger partial charge in [-0.3, -0.25) is 19.5 Å². The Morgan fingerprint density at radius 2 is 1.84 bits per heavy atom. The van der Waals surface area contributed by atoms with Crippen molar-refractivity contribution >= 4 is 40.0 Å². The number of nitrogens with zero attached hydrogens (tertiary/aromatic N) is 5. The Morgan fingerprint density at radius 3 is 2.51 bits per heavy atom. The van der Waals surface area contributed by atoms with Crippen LogP contribution in [0.2, 0.25) is 0 Å². The molecule has 0 aliphatic rings. The fraction of sp³-hybridized carbons (Fsp3) is 0.280. The van der Waals surface area contributed by atoms with Crippen LogP contribution in [0, 0.1) is 13.8 Å². The van der Waals surface area contributed by atoms with Crippen LogP contribution in [0.15, 0.2) is 47.6 Å². The van der Waals surface area contributed by atoms with Crippen LogP contribution in [-0.4, -0.2) is 49.6 Å². The predicted octanol–water partition coefficient (Wildman–Crippen LogP) is 3.97. The van der Waals surface area contributed by atoms with Gasteiger partial charge in [0.1, 0.15) is 10.8 Å². The summed E-state index contributed by atoms with van der Waals surface area (Å²) in [7, 11) is 1.58. The van der Waals surface area contributed by atoms with Gasteiger partial charge in [-0.2, -0.15) is 0 Å². The SMILES string of the molecule is CCc1cccc(C)c1-n1c(CNC(=O)c2ccc(OC)cc2)nnc1SCC(=O)Nc1nnc(C)s1. The zero-order valence-corrected chi connectivity index (χ0v) is 22.6. The van der Waals surface area contributed by atoms with Crippen LogP contribution in [-0.2, 0) is 17.8 Å². The molecular weight excluding hydrogens is 510 g/mol. The number of para-hydroxylation sites is 1. The van der Waals surface area contributed by atoms with Crippen LogP contribution >= 0.6 is 23.1 Å². The number of nitrogens with one attached hydrogen (secondary N) is 2. The quantitative estimate of drug-likeness (QED) is 0.291. The van der Waals surface area contributed by atoms with Gasteiger partial charge in [0.25, 0.3) is 5.91 Å². The highest BCUT2D eigenvalue weighted by atomic mass is 32.2. The van der Waals surface area contributed by atoms with Gasteiger partial charge < -0.3 is 10.1 Å². The minimum absolute atomic E-state index is 0.113. The number of carbonyl (C=O) groups excluding carboxylic acids is 2. The van der Waals surface area contributed by atoms with E-state index >= 15 is 0 Å². The monoisotopic (exact) mass is 537 g/mol. The second kappa shape index (κ2) is 12.0. The van der Waals surface area contributed by atoms with E-state index in [0.29, 0.717) is 27.4 Å². The van der Waals surface area contributed by atoms with Gasteiger partial charge in [0.2, 0.25) is 11.0 Å². The summed E-state index contributed by atoms with van der Waals surface area (Å²) in [5.74, 6) is 0.898. The van der Waals surface area contributed by atoms with Crippen molar-refractivity contribution in [2.75, 3.05) is 18.2 Å². The fourth-order valence-corrected chi connectivity index (χ4v) is 5.06. The first-order valence-electron chi connectivity index (χ1n) is 11.6. The van der Waals surface area contributed by atoms with Gasteiger partial charge >= 0.3 is 0 Å². The lowest BCUT2D eigenvalue weighted by Gasteiger charge is -2.17. The van der Waals surface area contributed by atoms with E-state index in [2.05, 4.69) is 44.0 Å². The van der Waals surface area contributed by atoms with Gasteiger partial charge in [-0.15, -0.1) is 20.4 Å². The number of ether oxygens (including phenoxy) is 1. The smallest absolute Gasteiger partial charge is 0.251 e. The molecule has 2 amide bonds. The summed E-state index contributed by atoms with van der Waals surface area (Å²) in [4.78, 5) is 25.3. The summed E-state index contributed by atoms with van der Waals surface area (Å²) in [6, 6.07) is 13.0. The predicted molar refractivity (Wildman–Crippen MR) is 144 cm³/mol. The van der Waals surface area contributed by atoms with Gasteiger partial charge in [0.05, 0.1) is 25.1 Å². The lowest BCUT2D eigenvalue weighted by atomic mass is 10.1. The molecule has 0 atom stereocenters. The summed E-state index contributed by atoms with van der Waals surface area (Å²) < 4.78 is 7.09. The van der Waals surface area contributed by atoms with Crippen molar-refractivity contribution in [3.63, 3.8) is 0 Å². The van der Waals surface area contributed by atoms with Crippen LogP contribution in [0.5, 0.6) is 5.75 Å². The molecule has 0 saturated heterocycles. The first-order valence-corrected chi connectivity index (χ1v) is 13.4. The van der Waals surface area contributed by atoms with Crippen LogP contribution in [0.1, 0.15) is 39.2 Å². The molecule has 0 aliphatic carbocycles. The van der Waals surface area contributed by atoms with E-state index in [1.807, 2.05) is 30.5 Å². The van der Waals surface area contributed by atoms with E-state index in [4.69, 9.17) is 4.74 Å². The molecule has 4 aromatic rings. The highest BCUT2D eigenvalue weighted by Crippen LogP contribution is 2.28. The van der Waals surface area contributed by atoms with Crippen LogP contribution in [0.4, 0.5) is 5.13 Å². The second-order valence-electron chi connectivity index (χ2n) is 8.04.